The van der Waals surface area contributed by atoms with Crippen LogP contribution in [0.25, 0.3) is 0 Å². The van der Waals surface area contributed by atoms with Crippen molar-refractivity contribution in [3.8, 4) is 6.07 Å². The van der Waals surface area contributed by atoms with Crippen LogP contribution in [0.3, 0.4) is 0 Å². The lowest BCUT2D eigenvalue weighted by molar-refractivity contribution is 0.366. The summed E-state index contributed by atoms with van der Waals surface area (Å²) in [6, 6.07) is 2.04. The van der Waals surface area contributed by atoms with Gasteiger partial charge in [-0.3, -0.25) is 4.57 Å². The molecule has 0 unspecified atom stereocenters. The molecule has 1 rings (SSSR count). The van der Waals surface area contributed by atoms with Gasteiger partial charge < -0.3 is 10.3 Å². The van der Waals surface area contributed by atoms with E-state index in [0.29, 0.717) is 25.2 Å². The molecule has 0 aromatic carbocycles. The van der Waals surface area contributed by atoms with Gasteiger partial charge in [-0.15, -0.1) is 0 Å². The maximum absolute atomic E-state index is 11.6. The highest BCUT2D eigenvalue weighted by molar-refractivity contribution is 7.59. The van der Waals surface area contributed by atoms with Gasteiger partial charge in [-0.25, -0.2) is 0 Å². The zero-order chi connectivity index (χ0) is 9.24. The molecule has 0 radical (unpaired) electrons. The summed E-state index contributed by atoms with van der Waals surface area (Å²) in [6.07, 6.45) is 1.84. The smallest absolute Gasteiger partial charge is 0.203 e. The molecule has 0 amide bonds. The van der Waals surface area contributed by atoms with Crippen molar-refractivity contribution in [1.29, 1.82) is 5.26 Å². The molecule has 0 spiro atoms. The minimum Gasteiger partial charge on any atom is -0.332 e. The molecular weight excluding hydrogens is 175 g/mol. The Hall–Kier alpha value is -0.360. The van der Waals surface area contributed by atoms with Gasteiger partial charge in [0.2, 0.25) is 7.37 Å². The molecule has 12 heavy (non-hydrogen) atoms. The van der Waals surface area contributed by atoms with Crippen LogP contribution >= 0.6 is 7.37 Å². The fourth-order valence-electron chi connectivity index (χ4n) is 1.27. The first kappa shape index (κ1) is 9.73. The van der Waals surface area contributed by atoms with Gasteiger partial charge in [-0.05, 0) is 12.8 Å². The zero-order valence-corrected chi connectivity index (χ0v) is 8.01. The number of hydrogen-bond acceptors (Lipinski definition) is 4. The van der Waals surface area contributed by atoms with Crippen molar-refractivity contribution in [2.24, 2.45) is 5.73 Å². The normalized spacial score (nSPS) is 42.1. The van der Waals surface area contributed by atoms with E-state index >= 15 is 0 Å². The van der Waals surface area contributed by atoms with Crippen molar-refractivity contribution in [1.82, 2.24) is 0 Å². The van der Waals surface area contributed by atoms with Gasteiger partial charge in [-0.1, -0.05) is 0 Å². The van der Waals surface area contributed by atoms with Crippen LogP contribution in [0.1, 0.15) is 12.8 Å². The van der Waals surface area contributed by atoms with Gasteiger partial charge in [-0.2, -0.15) is 5.26 Å². The van der Waals surface area contributed by atoms with Crippen molar-refractivity contribution < 1.29 is 9.09 Å². The molecule has 2 N–H and O–H groups in total. The molecule has 4 nitrogen and oxygen atoms in total. The molecule has 0 bridgehead atoms. The van der Waals surface area contributed by atoms with Crippen LogP contribution < -0.4 is 5.73 Å². The first-order valence-electron chi connectivity index (χ1n) is 3.88. The summed E-state index contributed by atoms with van der Waals surface area (Å²) in [6.45, 7) is 0. The van der Waals surface area contributed by atoms with E-state index in [1.807, 2.05) is 6.07 Å². The van der Waals surface area contributed by atoms with Gasteiger partial charge in [0.15, 0.2) is 0 Å². The highest BCUT2D eigenvalue weighted by Gasteiger charge is 2.37. The monoisotopic (exact) mass is 188 g/mol. The van der Waals surface area contributed by atoms with E-state index in [2.05, 4.69) is 0 Å². The first-order chi connectivity index (χ1) is 5.54. The van der Waals surface area contributed by atoms with Gasteiger partial charge in [0.25, 0.3) is 0 Å². The van der Waals surface area contributed by atoms with E-state index in [4.69, 9.17) is 15.5 Å². The number of nitriles is 1. The minimum atomic E-state index is -2.42. The summed E-state index contributed by atoms with van der Waals surface area (Å²) in [5.41, 5.74) is 4.92. The van der Waals surface area contributed by atoms with Crippen LogP contribution in [-0.4, -0.2) is 25.0 Å². The van der Waals surface area contributed by atoms with Crippen molar-refractivity contribution >= 4 is 7.37 Å². The SMILES string of the molecule is COP1(=O)CCC(N)(C#N)CC1. The lowest BCUT2D eigenvalue weighted by Crippen LogP contribution is -2.42. The minimum absolute atomic E-state index is 0.438. The molecule has 68 valence electrons. The van der Waals surface area contributed by atoms with Gasteiger partial charge in [0.1, 0.15) is 5.54 Å². The Morgan fingerprint density at radius 2 is 2.08 bits per heavy atom. The Balaban J connectivity index is 2.63. The average molecular weight is 188 g/mol. The van der Waals surface area contributed by atoms with Crippen LogP contribution in [0.5, 0.6) is 0 Å². The van der Waals surface area contributed by atoms with Gasteiger partial charge in [0.05, 0.1) is 6.07 Å². The summed E-state index contributed by atoms with van der Waals surface area (Å²) in [5.74, 6) is 0. The standard InChI is InChI=1S/C7H13N2O2P/c1-11-12(10)4-2-7(9,6-8)3-5-12/h2-5,9H2,1H3. The third kappa shape index (κ3) is 1.87. The highest BCUT2D eigenvalue weighted by atomic mass is 31.2. The molecule has 0 atom stereocenters. The van der Waals surface area contributed by atoms with E-state index < -0.39 is 12.9 Å². The predicted octanol–water partition coefficient (Wildman–Crippen LogP) is 0.926. The Bertz CT molecular complexity index is 247. The molecule has 0 saturated carbocycles. The fourth-order valence-corrected chi connectivity index (χ4v) is 3.34. The molecule has 0 aromatic heterocycles. The molecule has 0 aliphatic carbocycles. The third-order valence-corrected chi connectivity index (χ3v) is 4.83. The quantitative estimate of drug-likeness (QED) is 0.621. The second kappa shape index (κ2) is 3.18. The van der Waals surface area contributed by atoms with Gasteiger partial charge in [0, 0.05) is 19.4 Å². The Morgan fingerprint density at radius 3 is 2.42 bits per heavy atom. The molecule has 5 heteroatoms. The van der Waals surface area contributed by atoms with E-state index in [1.54, 1.807) is 0 Å². The molecule has 1 fully saturated rings. The highest BCUT2D eigenvalue weighted by Crippen LogP contribution is 2.52. The van der Waals surface area contributed by atoms with Crippen molar-refractivity contribution in [2.75, 3.05) is 19.4 Å². The van der Waals surface area contributed by atoms with Crippen LogP contribution in [0.4, 0.5) is 0 Å². The topological polar surface area (TPSA) is 76.1 Å². The van der Waals surface area contributed by atoms with E-state index in [1.165, 1.54) is 7.11 Å². The van der Waals surface area contributed by atoms with Crippen molar-refractivity contribution in [3.05, 3.63) is 0 Å². The second-order valence-electron chi connectivity index (χ2n) is 3.21. The summed E-state index contributed by atoms with van der Waals surface area (Å²) < 4.78 is 16.5. The molecular formula is C7H13N2O2P. The summed E-state index contributed by atoms with van der Waals surface area (Å²) in [4.78, 5) is 0. The van der Waals surface area contributed by atoms with Gasteiger partial charge >= 0.3 is 0 Å². The van der Waals surface area contributed by atoms with E-state index in [9.17, 15) is 4.57 Å². The van der Waals surface area contributed by atoms with Crippen LogP contribution in [0.2, 0.25) is 0 Å². The Kier molecular flexibility index (Phi) is 2.58. The molecule has 1 heterocycles. The number of nitrogens with zero attached hydrogens (tertiary/aromatic N) is 1. The zero-order valence-electron chi connectivity index (χ0n) is 7.12. The number of rotatable bonds is 1. The van der Waals surface area contributed by atoms with E-state index in [0.717, 1.165) is 0 Å². The molecule has 1 aliphatic heterocycles. The van der Waals surface area contributed by atoms with Crippen LogP contribution in [0, 0.1) is 11.3 Å². The maximum atomic E-state index is 11.6. The van der Waals surface area contributed by atoms with Crippen LogP contribution in [-0.2, 0) is 9.09 Å². The average Bonchev–Trinajstić information content (AvgIpc) is 2.11. The van der Waals surface area contributed by atoms with Crippen LogP contribution in [0.15, 0.2) is 0 Å². The molecule has 1 aliphatic rings. The summed E-state index contributed by atoms with van der Waals surface area (Å²) in [7, 11) is -0.964. The molecule has 1 saturated heterocycles. The Labute approximate surface area is 72.1 Å². The third-order valence-electron chi connectivity index (χ3n) is 2.35. The van der Waals surface area contributed by atoms with Crippen molar-refractivity contribution in [3.63, 3.8) is 0 Å². The lowest BCUT2D eigenvalue weighted by atomic mass is 9.96. The second-order valence-corrected chi connectivity index (χ2v) is 6.10. The predicted molar refractivity (Wildman–Crippen MR) is 46.1 cm³/mol. The largest absolute Gasteiger partial charge is 0.332 e. The maximum Gasteiger partial charge on any atom is 0.203 e. The first-order valence-corrected chi connectivity index (χ1v) is 5.87. The summed E-state index contributed by atoms with van der Waals surface area (Å²) >= 11 is 0. The number of nitrogens with two attached hydrogens (primary N) is 1. The fraction of sp³-hybridized carbons (Fsp3) is 0.857. The number of hydrogen-bond donors (Lipinski definition) is 1. The van der Waals surface area contributed by atoms with Crippen molar-refractivity contribution in [2.45, 2.75) is 18.4 Å². The summed E-state index contributed by atoms with van der Waals surface area (Å²) in [5, 5.41) is 8.69. The Morgan fingerprint density at radius 1 is 1.58 bits per heavy atom. The molecule has 0 aromatic rings. The lowest BCUT2D eigenvalue weighted by Gasteiger charge is -2.30. The van der Waals surface area contributed by atoms with E-state index in [-0.39, 0.29) is 0 Å².